The maximum absolute atomic E-state index is 11.7. The second-order valence-corrected chi connectivity index (χ2v) is 4.30. The average molecular weight is 235 g/mol. The number of aliphatic hydroxyl groups excluding tert-OH is 1. The zero-order chi connectivity index (χ0) is 12.7. The van der Waals surface area contributed by atoms with E-state index in [2.05, 4.69) is 12.2 Å². The molecule has 0 saturated heterocycles. The summed E-state index contributed by atoms with van der Waals surface area (Å²) in [5.74, 6) is -0.0433. The van der Waals surface area contributed by atoms with E-state index >= 15 is 0 Å². The normalized spacial score (nSPS) is 12.2. The third-order valence-corrected chi connectivity index (χ3v) is 2.71. The van der Waals surface area contributed by atoms with Crippen molar-refractivity contribution in [3.05, 3.63) is 35.4 Å². The van der Waals surface area contributed by atoms with Crippen LogP contribution in [0.4, 0.5) is 0 Å². The monoisotopic (exact) mass is 235 g/mol. The van der Waals surface area contributed by atoms with E-state index in [1.807, 2.05) is 24.3 Å². The molecule has 17 heavy (non-hydrogen) atoms. The molecule has 0 saturated carbocycles. The Labute approximate surface area is 103 Å². The van der Waals surface area contributed by atoms with Gasteiger partial charge in [0.25, 0.3) is 5.91 Å². The Kier molecular flexibility index (Phi) is 5.70. The Morgan fingerprint density at radius 1 is 1.35 bits per heavy atom. The van der Waals surface area contributed by atoms with Gasteiger partial charge in [0, 0.05) is 12.1 Å². The minimum absolute atomic E-state index is 0.0433. The molecule has 0 heterocycles. The number of nitrogens with one attached hydrogen (secondary N) is 1. The molecule has 1 rings (SSSR count). The third-order valence-electron chi connectivity index (χ3n) is 2.71. The van der Waals surface area contributed by atoms with Crippen molar-refractivity contribution in [2.75, 3.05) is 6.54 Å². The minimum atomic E-state index is -0.296. The quantitative estimate of drug-likeness (QED) is 0.742. The number of aliphatic hydroxyl groups is 1. The van der Waals surface area contributed by atoms with Gasteiger partial charge in [-0.25, -0.2) is 0 Å². The van der Waals surface area contributed by atoms with Crippen molar-refractivity contribution < 1.29 is 9.90 Å². The molecule has 0 radical (unpaired) electrons. The number of benzene rings is 1. The molecule has 0 aliphatic heterocycles. The van der Waals surface area contributed by atoms with Crippen LogP contribution in [0.5, 0.6) is 0 Å². The fraction of sp³-hybridized carbons (Fsp3) is 0.500. The van der Waals surface area contributed by atoms with Gasteiger partial charge in [0.15, 0.2) is 0 Å². The summed E-state index contributed by atoms with van der Waals surface area (Å²) in [5, 5.41) is 11.9. The highest BCUT2D eigenvalue weighted by Gasteiger charge is 2.04. The summed E-state index contributed by atoms with van der Waals surface area (Å²) in [5.41, 5.74) is 1.93. The Hall–Kier alpha value is -1.35. The summed E-state index contributed by atoms with van der Waals surface area (Å²) >= 11 is 0. The van der Waals surface area contributed by atoms with Crippen molar-refractivity contribution in [2.24, 2.45) is 0 Å². The molecule has 3 nitrogen and oxygen atoms in total. The van der Waals surface area contributed by atoms with Gasteiger partial charge >= 0.3 is 0 Å². The lowest BCUT2D eigenvalue weighted by Crippen LogP contribution is -2.25. The van der Waals surface area contributed by atoms with Crippen molar-refractivity contribution in [3.8, 4) is 0 Å². The summed E-state index contributed by atoms with van der Waals surface area (Å²) in [6, 6.07) is 7.65. The van der Waals surface area contributed by atoms with Crippen LogP contribution in [-0.2, 0) is 6.42 Å². The van der Waals surface area contributed by atoms with Crippen molar-refractivity contribution >= 4 is 5.91 Å². The summed E-state index contributed by atoms with van der Waals surface area (Å²) in [7, 11) is 0. The predicted molar refractivity (Wildman–Crippen MR) is 69.1 cm³/mol. The van der Waals surface area contributed by atoms with Crippen molar-refractivity contribution in [1.82, 2.24) is 5.32 Å². The lowest BCUT2D eigenvalue weighted by molar-refractivity contribution is 0.0949. The van der Waals surface area contributed by atoms with Gasteiger partial charge in [-0.3, -0.25) is 4.79 Å². The summed E-state index contributed by atoms with van der Waals surface area (Å²) in [6.45, 7) is 4.45. The maximum Gasteiger partial charge on any atom is 0.251 e. The zero-order valence-electron chi connectivity index (χ0n) is 10.6. The van der Waals surface area contributed by atoms with Gasteiger partial charge in [0.1, 0.15) is 0 Å². The van der Waals surface area contributed by atoms with Crippen LogP contribution in [-0.4, -0.2) is 23.7 Å². The van der Waals surface area contributed by atoms with E-state index in [1.165, 1.54) is 5.56 Å². The first-order valence-corrected chi connectivity index (χ1v) is 6.18. The largest absolute Gasteiger partial charge is 0.393 e. The van der Waals surface area contributed by atoms with Gasteiger partial charge in [0.05, 0.1) is 6.10 Å². The van der Waals surface area contributed by atoms with Gasteiger partial charge in [-0.1, -0.05) is 19.1 Å². The molecule has 0 aliphatic carbocycles. The lowest BCUT2D eigenvalue weighted by Gasteiger charge is -2.07. The van der Waals surface area contributed by atoms with E-state index in [1.54, 1.807) is 6.92 Å². The lowest BCUT2D eigenvalue weighted by atomic mass is 10.1. The number of carbonyl (C=O) groups excluding carboxylic acids is 1. The van der Waals surface area contributed by atoms with Crippen molar-refractivity contribution in [3.63, 3.8) is 0 Å². The molecule has 1 unspecified atom stereocenters. The first kappa shape index (κ1) is 13.7. The summed E-state index contributed by atoms with van der Waals surface area (Å²) < 4.78 is 0. The van der Waals surface area contributed by atoms with Gasteiger partial charge in [0.2, 0.25) is 0 Å². The van der Waals surface area contributed by atoms with Gasteiger partial charge < -0.3 is 10.4 Å². The second-order valence-electron chi connectivity index (χ2n) is 4.30. The number of amides is 1. The molecular formula is C14H21NO2. The zero-order valence-corrected chi connectivity index (χ0v) is 10.6. The molecule has 94 valence electrons. The van der Waals surface area contributed by atoms with Gasteiger partial charge in [-0.05, 0) is 43.9 Å². The molecule has 2 N–H and O–H groups in total. The number of rotatable bonds is 6. The van der Waals surface area contributed by atoms with E-state index in [0.717, 1.165) is 19.3 Å². The number of hydrogen-bond acceptors (Lipinski definition) is 2. The predicted octanol–water partition coefficient (Wildman–Crippen LogP) is 2.14. The van der Waals surface area contributed by atoms with Crippen LogP contribution in [0.2, 0.25) is 0 Å². The average Bonchev–Trinajstić information content (AvgIpc) is 2.34. The van der Waals surface area contributed by atoms with Crippen LogP contribution < -0.4 is 5.32 Å². The fourth-order valence-corrected chi connectivity index (χ4v) is 1.59. The molecule has 1 amide bonds. The van der Waals surface area contributed by atoms with Gasteiger partial charge in [-0.15, -0.1) is 0 Å². The van der Waals surface area contributed by atoms with E-state index in [4.69, 9.17) is 5.11 Å². The number of aryl methyl sites for hydroxylation is 1. The molecule has 1 aromatic rings. The first-order chi connectivity index (χ1) is 8.13. The van der Waals surface area contributed by atoms with Crippen LogP contribution in [0.1, 0.15) is 42.6 Å². The van der Waals surface area contributed by atoms with Crippen LogP contribution in [0.3, 0.4) is 0 Å². The highest BCUT2D eigenvalue weighted by Crippen LogP contribution is 2.05. The Bertz CT molecular complexity index is 344. The van der Waals surface area contributed by atoms with Crippen molar-refractivity contribution in [2.45, 2.75) is 39.2 Å². The molecule has 0 aliphatic rings. The maximum atomic E-state index is 11.7. The van der Waals surface area contributed by atoms with E-state index < -0.39 is 0 Å². The highest BCUT2D eigenvalue weighted by atomic mass is 16.3. The topological polar surface area (TPSA) is 49.3 Å². The Balaban J connectivity index is 2.36. The molecule has 1 aromatic carbocycles. The molecule has 1 atom stereocenters. The van der Waals surface area contributed by atoms with Crippen LogP contribution in [0.25, 0.3) is 0 Å². The first-order valence-electron chi connectivity index (χ1n) is 6.18. The van der Waals surface area contributed by atoms with Crippen LogP contribution in [0, 0.1) is 0 Å². The Morgan fingerprint density at radius 3 is 2.53 bits per heavy atom. The van der Waals surface area contributed by atoms with Crippen LogP contribution in [0.15, 0.2) is 24.3 Å². The molecule has 3 heteroatoms. The Morgan fingerprint density at radius 2 is 2.00 bits per heavy atom. The minimum Gasteiger partial charge on any atom is -0.393 e. The molecular weight excluding hydrogens is 214 g/mol. The standard InChI is InChI=1S/C14H21NO2/c1-3-12-6-8-13(9-7-12)14(17)15-10-4-5-11(2)16/h6-9,11,16H,3-5,10H2,1-2H3,(H,15,17). The van der Waals surface area contributed by atoms with Gasteiger partial charge in [-0.2, -0.15) is 0 Å². The van der Waals surface area contributed by atoms with Crippen molar-refractivity contribution in [1.29, 1.82) is 0 Å². The number of hydrogen-bond donors (Lipinski definition) is 2. The summed E-state index contributed by atoms with van der Waals surface area (Å²) in [4.78, 5) is 11.7. The van der Waals surface area contributed by atoms with E-state index in [0.29, 0.717) is 12.1 Å². The molecule has 0 bridgehead atoms. The molecule has 0 aromatic heterocycles. The summed E-state index contributed by atoms with van der Waals surface area (Å²) in [6.07, 6.45) is 2.21. The fourth-order valence-electron chi connectivity index (χ4n) is 1.59. The third kappa shape index (κ3) is 5.00. The van der Waals surface area contributed by atoms with E-state index in [-0.39, 0.29) is 12.0 Å². The number of carbonyl (C=O) groups is 1. The molecule has 0 spiro atoms. The second kappa shape index (κ2) is 7.07. The van der Waals surface area contributed by atoms with Crippen LogP contribution >= 0.6 is 0 Å². The molecule has 0 fully saturated rings. The van der Waals surface area contributed by atoms with E-state index in [9.17, 15) is 4.79 Å². The SMILES string of the molecule is CCc1ccc(C(=O)NCCCC(C)O)cc1. The smallest absolute Gasteiger partial charge is 0.251 e. The highest BCUT2D eigenvalue weighted by molar-refractivity contribution is 5.94.